The van der Waals surface area contributed by atoms with E-state index in [2.05, 4.69) is 25.6 Å². The molecule has 4 N–H and O–H groups in total. The highest BCUT2D eigenvalue weighted by molar-refractivity contribution is 5.99. The molecule has 0 aliphatic carbocycles. The number of nitrogens with zero attached hydrogens (tertiary/aromatic N) is 4. The molecule has 3 heterocycles. The van der Waals surface area contributed by atoms with Crippen LogP contribution < -0.4 is 15.4 Å². The average molecular weight is 619 g/mol. The third-order valence-corrected chi connectivity index (χ3v) is 7.05. The van der Waals surface area contributed by atoms with Crippen molar-refractivity contribution in [3.8, 4) is 22.9 Å². The molecule has 0 bridgehead atoms. The number of nitrogens with one attached hydrogen (secondary N) is 2. The first-order valence-electron chi connectivity index (χ1n) is 13.5. The number of amides is 1. The molecule has 4 aromatic rings. The Morgan fingerprint density at radius 2 is 1.89 bits per heavy atom. The van der Waals surface area contributed by atoms with Crippen molar-refractivity contribution in [1.82, 2.24) is 19.9 Å². The molecule has 3 atom stereocenters. The number of hydrogen-bond donors (Lipinski definition) is 4. The van der Waals surface area contributed by atoms with E-state index in [1.54, 1.807) is 31.2 Å². The third kappa shape index (κ3) is 6.72. The van der Waals surface area contributed by atoms with E-state index in [9.17, 15) is 37.0 Å². The summed E-state index contributed by atoms with van der Waals surface area (Å²) in [6.07, 6.45) is -7.13. The summed E-state index contributed by atoms with van der Waals surface area (Å²) in [5, 5.41) is 24.6. The summed E-state index contributed by atoms with van der Waals surface area (Å²) in [5.41, 5.74) is 1.19. The van der Waals surface area contributed by atoms with E-state index in [4.69, 9.17) is 4.74 Å². The third-order valence-electron chi connectivity index (χ3n) is 7.05. The van der Waals surface area contributed by atoms with Crippen LogP contribution in [-0.4, -0.2) is 80.3 Å². The molecule has 232 valence electrons. The van der Waals surface area contributed by atoms with Crippen LogP contribution in [0.3, 0.4) is 0 Å². The fourth-order valence-corrected chi connectivity index (χ4v) is 4.91. The summed E-state index contributed by atoms with van der Waals surface area (Å²) in [6, 6.07) is 10.0. The van der Waals surface area contributed by atoms with Gasteiger partial charge in [0.1, 0.15) is 17.7 Å². The van der Waals surface area contributed by atoms with Gasteiger partial charge in [0.15, 0.2) is 6.10 Å². The lowest BCUT2D eigenvalue weighted by Crippen LogP contribution is -2.49. The largest absolute Gasteiger partial charge is 0.465 e. The number of alkyl halides is 4. The Bertz CT molecular complexity index is 1670. The second-order valence-electron chi connectivity index (χ2n) is 10.3. The summed E-state index contributed by atoms with van der Waals surface area (Å²) in [7, 11) is 0. The summed E-state index contributed by atoms with van der Waals surface area (Å²) < 4.78 is 73.7. The number of aryl methyl sites for hydroxylation is 1. The zero-order valence-corrected chi connectivity index (χ0v) is 23.1. The van der Waals surface area contributed by atoms with E-state index in [0.717, 1.165) is 11.0 Å². The predicted octanol–water partition coefficient (Wildman–Crippen LogP) is 5.77. The van der Waals surface area contributed by atoms with E-state index in [0.29, 0.717) is 22.2 Å². The number of carboxylic acid groups (broad SMARTS) is 1. The van der Waals surface area contributed by atoms with Gasteiger partial charge in [-0.25, -0.2) is 28.5 Å². The van der Waals surface area contributed by atoms with E-state index < -0.39 is 42.9 Å². The van der Waals surface area contributed by atoms with Crippen LogP contribution in [0.2, 0.25) is 0 Å². The Morgan fingerprint density at radius 1 is 1.11 bits per heavy atom. The number of anilines is 2. The van der Waals surface area contributed by atoms with Crippen LogP contribution in [0.4, 0.5) is 38.4 Å². The van der Waals surface area contributed by atoms with Crippen molar-refractivity contribution in [1.29, 1.82) is 0 Å². The molecule has 1 amide bonds. The van der Waals surface area contributed by atoms with Crippen LogP contribution in [-0.2, 0) is 0 Å². The SMILES string of the molecule is Cc1ccc2c(NCC(O)C(F)(F)F)c(F)ccc2c1Oc1ncccc1-c1ccnc(N[C@H]2C[C@H](F)CN(C(=O)O)C2)n1. The first-order chi connectivity index (χ1) is 20.9. The number of fused-ring (bicyclic) bond motifs is 1. The van der Waals surface area contributed by atoms with Gasteiger partial charge in [-0.05, 0) is 42.8 Å². The summed E-state index contributed by atoms with van der Waals surface area (Å²) in [5.74, 6) is -0.308. The highest BCUT2D eigenvalue weighted by atomic mass is 19.4. The molecule has 2 aromatic carbocycles. The monoisotopic (exact) mass is 618 g/mol. The number of aliphatic hydroxyl groups excluding tert-OH is 1. The van der Waals surface area contributed by atoms with Gasteiger partial charge in [0.2, 0.25) is 11.8 Å². The lowest BCUT2D eigenvalue weighted by Gasteiger charge is -2.33. The second kappa shape index (κ2) is 12.4. The number of likely N-dealkylation sites (tertiary alicyclic amines) is 1. The lowest BCUT2D eigenvalue weighted by atomic mass is 10.0. The Kier molecular flexibility index (Phi) is 8.67. The molecule has 0 saturated carbocycles. The number of halogens is 5. The molecular weight excluding hydrogens is 591 g/mol. The average Bonchev–Trinajstić information content (AvgIpc) is 2.97. The minimum absolute atomic E-state index is 0.0531. The van der Waals surface area contributed by atoms with Crippen molar-refractivity contribution in [2.75, 3.05) is 30.3 Å². The van der Waals surface area contributed by atoms with E-state index in [1.165, 1.54) is 24.5 Å². The standard InChI is InChI=1S/C29H27F5N6O4/c1-15-4-5-18-19(6-7-21(31)24(18)37-12-23(41)29(32,33)34)25(15)44-26-20(3-2-9-35-26)22-8-10-36-27(39-22)38-17-11-16(30)13-40(14-17)28(42)43/h2-10,16-17,23,37,41H,11-14H2,1H3,(H,42,43)(H,36,38,39)/t16-,17-,23?/m0/s1. The molecule has 2 aromatic heterocycles. The minimum Gasteiger partial charge on any atom is -0.465 e. The predicted molar refractivity (Wildman–Crippen MR) is 151 cm³/mol. The Hall–Kier alpha value is -4.79. The number of hydrogen-bond acceptors (Lipinski definition) is 8. The number of rotatable bonds is 8. The number of aromatic nitrogens is 3. The van der Waals surface area contributed by atoms with Crippen LogP contribution in [0, 0.1) is 12.7 Å². The number of aliphatic hydroxyl groups is 1. The van der Waals surface area contributed by atoms with Crippen molar-refractivity contribution in [3.05, 3.63) is 66.2 Å². The molecule has 1 fully saturated rings. The summed E-state index contributed by atoms with van der Waals surface area (Å²) in [4.78, 5) is 25.4. The first-order valence-corrected chi connectivity index (χ1v) is 13.5. The highest BCUT2D eigenvalue weighted by Gasteiger charge is 2.38. The zero-order chi connectivity index (χ0) is 31.6. The molecule has 10 nitrogen and oxygen atoms in total. The van der Waals surface area contributed by atoms with Gasteiger partial charge in [-0.3, -0.25) is 0 Å². The van der Waals surface area contributed by atoms with Crippen LogP contribution in [0.5, 0.6) is 11.6 Å². The second-order valence-corrected chi connectivity index (χ2v) is 10.3. The van der Waals surface area contributed by atoms with Crippen molar-refractivity contribution in [2.45, 2.75) is 37.8 Å². The number of pyridine rings is 1. The maximum absolute atomic E-state index is 14.7. The van der Waals surface area contributed by atoms with Gasteiger partial charge >= 0.3 is 12.3 Å². The summed E-state index contributed by atoms with van der Waals surface area (Å²) >= 11 is 0. The molecule has 0 radical (unpaired) electrons. The molecule has 1 unspecified atom stereocenters. The number of benzene rings is 2. The van der Waals surface area contributed by atoms with Crippen molar-refractivity contribution >= 4 is 28.5 Å². The van der Waals surface area contributed by atoms with Crippen LogP contribution in [0.25, 0.3) is 22.0 Å². The van der Waals surface area contributed by atoms with Crippen LogP contribution >= 0.6 is 0 Å². The number of ether oxygens (including phenoxy) is 1. The lowest BCUT2D eigenvalue weighted by molar-refractivity contribution is -0.198. The van der Waals surface area contributed by atoms with E-state index in [-0.39, 0.29) is 48.2 Å². The van der Waals surface area contributed by atoms with Gasteiger partial charge in [-0.1, -0.05) is 12.1 Å². The smallest absolute Gasteiger partial charge is 0.416 e. The number of carbonyl (C=O) groups is 1. The fraction of sp³-hybridized carbons (Fsp3) is 0.310. The van der Waals surface area contributed by atoms with Crippen molar-refractivity contribution in [2.24, 2.45) is 0 Å². The summed E-state index contributed by atoms with van der Waals surface area (Å²) in [6.45, 7) is 0.617. The molecule has 0 spiro atoms. The molecule has 44 heavy (non-hydrogen) atoms. The van der Waals surface area contributed by atoms with Gasteiger partial charge in [-0.15, -0.1) is 0 Å². The molecule has 1 aliphatic heterocycles. The van der Waals surface area contributed by atoms with Crippen molar-refractivity contribution < 1.29 is 41.7 Å². The molecule has 15 heteroatoms. The Labute approximate surface area is 247 Å². The van der Waals surface area contributed by atoms with E-state index >= 15 is 0 Å². The van der Waals surface area contributed by atoms with Crippen LogP contribution in [0.1, 0.15) is 12.0 Å². The van der Waals surface area contributed by atoms with Gasteiger partial charge in [0.05, 0.1) is 23.5 Å². The zero-order valence-electron chi connectivity index (χ0n) is 23.1. The molecule has 1 aliphatic rings. The molecular formula is C29H27F5N6O4. The van der Waals surface area contributed by atoms with Gasteiger partial charge in [0, 0.05) is 48.7 Å². The molecule has 5 rings (SSSR count). The highest BCUT2D eigenvalue weighted by Crippen LogP contribution is 2.39. The van der Waals surface area contributed by atoms with Gasteiger partial charge in [0.25, 0.3) is 0 Å². The number of piperidine rings is 1. The van der Waals surface area contributed by atoms with Gasteiger partial charge < -0.3 is 30.5 Å². The molecule has 1 saturated heterocycles. The topological polar surface area (TPSA) is 133 Å². The van der Waals surface area contributed by atoms with E-state index in [1.807, 2.05) is 0 Å². The normalized spacial score (nSPS) is 17.8. The minimum atomic E-state index is -4.88. The van der Waals surface area contributed by atoms with Gasteiger partial charge in [-0.2, -0.15) is 13.2 Å². The maximum Gasteiger partial charge on any atom is 0.416 e. The first kappa shape index (κ1) is 30.7. The maximum atomic E-state index is 14.7. The van der Waals surface area contributed by atoms with Crippen LogP contribution in [0.15, 0.2) is 54.9 Å². The van der Waals surface area contributed by atoms with Crippen molar-refractivity contribution in [3.63, 3.8) is 0 Å². The Balaban J connectivity index is 1.44. The quantitative estimate of drug-likeness (QED) is 0.182. The Morgan fingerprint density at radius 3 is 2.64 bits per heavy atom. The fourth-order valence-electron chi connectivity index (χ4n) is 4.91.